The number of nitrogens with zero attached hydrogens (tertiary/aromatic N) is 2. The Morgan fingerprint density at radius 1 is 1.24 bits per heavy atom. The van der Waals surface area contributed by atoms with Crippen molar-refractivity contribution in [1.82, 2.24) is 14.5 Å². The van der Waals surface area contributed by atoms with Crippen molar-refractivity contribution in [1.29, 1.82) is 0 Å². The summed E-state index contributed by atoms with van der Waals surface area (Å²) in [4.78, 5) is 13.8. The zero-order chi connectivity index (χ0) is 18.4. The molecule has 1 aliphatic heterocycles. The molecule has 1 fully saturated rings. The standard InChI is InChI=1S/C17H26FN3O3S/c1-20(2)10-6-9-19-17(22)14-7-8-15(18)16(13-14)25(23,24)21-11-4-3-5-12-21/h7-8,13H,3-6,9-12H2,1-2H3,(H,19,22). The first-order chi connectivity index (χ1) is 11.8. The van der Waals surface area contributed by atoms with Gasteiger partial charge in [-0.2, -0.15) is 4.31 Å². The zero-order valence-electron chi connectivity index (χ0n) is 14.8. The van der Waals surface area contributed by atoms with Crippen molar-refractivity contribution < 1.29 is 17.6 Å². The summed E-state index contributed by atoms with van der Waals surface area (Å²) in [5.41, 5.74) is 0.154. The maximum atomic E-state index is 14.1. The van der Waals surface area contributed by atoms with E-state index in [9.17, 15) is 17.6 Å². The fourth-order valence-corrected chi connectivity index (χ4v) is 4.39. The highest BCUT2D eigenvalue weighted by Gasteiger charge is 2.29. The number of sulfonamides is 1. The van der Waals surface area contributed by atoms with Crippen molar-refractivity contribution in [2.45, 2.75) is 30.6 Å². The lowest BCUT2D eigenvalue weighted by Gasteiger charge is -2.26. The molecule has 0 unspecified atom stereocenters. The van der Waals surface area contributed by atoms with Crippen LogP contribution in [0.2, 0.25) is 0 Å². The fraction of sp³-hybridized carbons (Fsp3) is 0.588. The van der Waals surface area contributed by atoms with Crippen LogP contribution < -0.4 is 5.32 Å². The molecule has 0 saturated carbocycles. The second-order valence-corrected chi connectivity index (χ2v) is 8.43. The fourth-order valence-electron chi connectivity index (χ4n) is 2.79. The van der Waals surface area contributed by atoms with E-state index in [0.29, 0.717) is 19.6 Å². The third-order valence-electron chi connectivity index (χ3n) is 4.19. The molecule has 0 atom stereocenters. The first-order valence-electron chi connectivity index (χ1n) is 8.55. The highest BCUT2D eigenvalue weighted by atomic mass is 32.2. The number of hydrogen-bond donors (Lipinski definition) is 1. The molecule has 1 heterocycles. The Balaban J connectivity index is 2.12. The van der Waals surface area contributed by atoms with Gasteiger partial charge in [0.25, 0.3) is 5.91 Å². The Hall–Kier alpha value is -1.51. The third-order valence-corrected chi connectivity index (χ3v) is 6.11. The van der Waals surface area contributed by atoms with Gasteiger partial charge in [-0.15, -0.1) is 0 Å². The summed E-state index contributed by atoms with van der Waals surface area (Å²) in [5, 5.41) is 2.74. The topological polar surface area (TPSA) is 69.7 Å². The summed E-state index contributed by atoms with van der Waals surface area (Å²) >= 11 is 0. The summed E-state index contributed by atoms with van der Waals surface area (Å²) < 4.78 is 40.8. The van der Waals surface area contributed by atoms with E-state index < -0.39 is 26.6 Å². The molecule has 1 saturated heterocycles. The van der Waals surface area contributed by atoms with Gasteiger partial charge >= 0.3 is 0 Å². The summed E-state index contributed by atoms with van der Waals surface area (Å²) in [6.07, 6.45) is 3.29. The predicted octanol–water partition coefficient (Wildman–Crippen LogP) is 1.68. The van der Waals surface area contributed by atoms with Crippen molar-refractivity contribution in [3.63, 3.8) is 0 Å². The first-order valence-corrected chi connectivity index (χ1v) is 9.99. The van der Waals surface area contributed by atoms with Gasteiger partial charge in [0.15, 0.2) is 0 Å². The van der Waals surface area contributed by atoms with Crippen LogP contribution in [0.25, 0.3) is 0 Å². The molecule has 1 aromatic carbocycles. The van der Waals surface area contributed by atoms with Crippen molar-refractivity contribution in [3.05, 3.63) is 29.6 Å². The molecular weight excluding hydrogens is 345 g/mol. The molecule has 0 aromatic heterocycles. The average molecular weight is 371 g/mol. The van der Waals surface area contributed by atoms with E-state index in [0.717, 1.165) is 44.4 Å². The molecule has 1 aliphatic rings. The van der Waals surface area contributed by atoms with Crippen LogP contribution in [-0.2, 0) is 10.0 Å². The minimum absolute atomic E-state index is 0.154. The minimum Gasteiger partial charge on any atom is -0.352 e. The number of hydrogen-bond acceptors (Lipinski definition) is 4. The molecule has 1 amide bonds. The van der Waals surface area contributed by atoms with Gasteiger partial charge < -0.3 is 10.2 Å². The Kier molecular flexibility index (Phi) is 6.92. The molecule has 1 N–H and O–H groups in total. The molecule has 2 rings (SSSR count). The largest absolute Gasteiger partial charge is 0.352 e. The summed E-state index contributed by atoms with van der Waals surface area (Å²) in [6.45, 7) is 2.09. The number of carbonyl (C=O) groups excluding carboxylic acids is 1. The maximum Gasteiger partial charge on any atom is 0.251 e. The van der Waals surface area contributed by atoms with Crippen LogP contribution in [0.4, 0.5) is 4.39 Å². The van der Waals surface area contributed by atoms with Crippen LogP contribution in [0.15, 0.2) is 23.1 Å². The zero-order valence-corrected chi connectivity index (χ0v) is 15.6. The minimum atomic E-state index is -3.91. The molecule has 8 heteroatoms. The van der Waals surface area contributed by atoms with Gasteiger partial charge in [-0.05, 0) is 58.1 Å². The van der Waals surface area contributed by atoms with Crippen LogP contribution >= 0.6 is 0 Å². The molecule has 1 aromatic rings. The second kappa shape index (κ2) is 8.73. The Morgan fingerprint density at radius 2 is 1.92 bits per heavy atom. The number of amides is 1. The van der Waals surface area contributed by atoms with Gasteiger partial charge in [-0.1, -0.05) is 6.42 Å². The molecule has 25 heavy (non-hydrogen) atoms. The lowest BCUT2D eigenvalue weighted by molar-refractivity contribution is 0.0952. The molecule has 0 bridgehead atoms. The Morgan fingerprint density at radius 3 is 2.56 bits per heavy atom. The normalized spacial score (nSPS) is 16.2. The van der Waals surface area contributed by atoms with E-state index in [1.54, 1.807) is 0 Å². The smallest absolute Gasteiger partial charge is 0.251 e. The highest BCUT2D eigenvalue weighted by Crippen LogP contribution is 2.24. The molecule has 0 spiro atoms. The Labute approximate surface area is 149 Å². The SMILES string of the molecule is CN(C)CCCNC(=O)c1ccc(F)c(S(=O)(=O)N2CCCCC2)c1. The maximum absolute atomic E-state index is 14.1. The lowest BCUT2D eigenvalue weighted by atomic mass is 10.2. The van der Waals surface area contributed by atoms with Gasteiger partial charge in [0.05, 0.1) is 0 Å². The van der Waals surface area contributed by atoms with Crippen molar-refractivity contribution in [2.24, 2.45) is 0 Å². The molecule has 0 aliphatic carbocycles. The van der Waals surface area contributed by atoms with Gasteiger partial charge in [-0.25, -0.2) is 12.8 Å². The number of benzene rings is 1. The predicted molar refractivity (Wildman–Crippen MR) is 94.5 cm³/mol. The average Bonchev–Trinajstić information content (AvgIpc) is 2.59. The van der Waals surface area contributed by atoms with Crippen LogP contribution in [0.5, 0.6) is 0 Å². The third kappa shape index (κ3) is 5.23. The molecule has 140 valence electrons. The highest BCUT2D eigenvalue weighted by molar-refractivity contribution is 7.89. The molecule has 6 nitrogen and oxygen atoms in total. The van der Waals surface area contributed by atoms with Crippen LogP contribution in [0, 0.1) is 5.82 Å². The number of nitrogens with one attached hydrogen (secondary N) is 1. The van der Waals surface area contributed by atoms with E-state index in [1.165, 1.54) is 10.4 Å². The van der Waals surface area contributed by atoms with E-state index >= 15 is 0 Å². The number of rotatable bonds is 7. The van der Waals surface area contributed by atoms with Crippen LogP contribution in [-0.4, -0.2) is 63.8 Å². The van der Waals surface area contributed by atoms with E-state index in [1.807, 2.05) is 19.0 Å². The monoisotopic (exact) mass is 371 g/mol. The van der Waals surface area contributed by atoms with Crippen molar-refractivity contribution in [2.75, 3.05) is 40.3 Å². The number of halogens is 1. The van der Waals surface area contributed by atoms with E-state index in [2.05, 4.69) is 5.32 Å². The summed E-state index contributed by atoms with van der Waals surface area (Å²) in [6, 6.07) is 3.50. The Bertz CT molecular complexity index is 701. The lowest BCUT2D eigenvalue weighted by Crippen LogP contribution is -2.36. The quantitative estimate of drug-likeness (QED) is 0.741. The summed E-state index contributed by atoms with van der Waals surface area (Å²) in [5.74, 6) is -1.22. The van der Waals surface area contributed by atoms with Gasteiger partial charge in [0.2, 0.25) is 10.0 Å². The van der Waals surface area contributed by atoms with Crippen molar-refractivity contribution in [3.8, 4) is 0 Å². The van der Waals surface area contributed by atoms with Gasteiger partial charge in [0, 0.05) is 25.2 Å². The summed E-state index contributed by atoms with van der Waals surface area (Å²) in [7, 11) is -0.0255. The van der Waals surface area contributed by atoms with Crippen molar-refractivity contribution >= 4 is 15.9 Å². The van der Waals surface area contributed by atoms with Crippen LogP contribution in [0.1, 0.15) is 36.0 Å². The molecule has 0 radical (unpaired) electrons. The van der Waals surface area contributed by atoms with Crippen LogP contribution in [0.3, 0.4) is 0 Å². The van der Waals surface area contributed by atoms with Gasteiger partial charge in [-0.3, -0.25) is 4.79 Å². The van der Waals surface area contributed by atoms with E-state index in [4.69, 9.17) is 0 Å². The number of carbonyl (C=O) groups is 1. The number of piperidine rings is 1. The first kappa shape index (κ1) is 19.8. The second-order valence-electron chi connectivity index (χ2n) is 6.52. The van der Waals surface area contributed by atoms with Gasteiger partial charge in [0.1, 0.15) is 10.7 Å². The van der Waals surface area contributed by atoms with E-state index in [-0.39, 0.29) is 5.56 Å². The molecular formula is C17H26FN3O3S.